The highest BCUT2D eigenvalue weighted by Gasteiger charge is 2.22. The molecule has 2 rings (SSSR count). The van der Waals surface area contributed by atoms with Crippen molar-refractivity contribution in [1.29, 1.82) is 0 Å². The van der Waals surface area contributed by atoms with E-state index >= 15 is 0 Å². The highest BCUT2D eigenvalue weighted by molar-refractivity contribution is 6.42. The van der Waals surface area contributed by atoms with Crippen LogP contribution in [0.2, 0.25) is 10.0 Å². The van der Waals surface area contributed by atoms with Gasteiger partial charge in [-0.25, -0.2) is 0 Å². The van der Waals surface area contributed by atoms with Gasteiger partial charge in [-0.3, -0.25) is 4.79 Å². The maximum Gasteiger partial charge on any atom is 0.221 e. The van der Waals surface area contributed by atoms with Gasteiger partial charge in [-0.05, 0) is 31.4 Å². The van der Waals surface area contributed by atoms with Gasteiger partial charge in [-0.15, -0.1) is 0 Å². The molecule has 104 valence electrons. The first-order valence-electron chi connectivity index (χ1n) is 6.54. The van der Waals surface area contributed by atoms with Crippen molar-refractivity contribution in [2.45, 2.75) is 38.3 Å². The number of rotatable bonds is 6. The van der Waals surface area contributed by atoms with Crippen LogP contribution in [0.1, 0.15) is 37.8 Å². The molecule has 1 saturated carbocycles. The first kappa shape index (κ1) is 14.6. The lowest BCUT2D eigenvalue weighted by Gasteiger charge is -2.16. The predicted molar refractivity (Wildman–Crippen MR) is 78.7 cm³/mol. The molecule has 0 aliphatic heterocycles. The fourth-order valence-electron chi connectivity index (χ4n) is 1.89. The first-order chi connectivity index (χ1) is 9.08. The molecular weight excluding hydrogens is 283 g/mol. The van der Waals surface area contributed by atoms with Gasteiger partial charge < -0.3 is 10.6 Å². The maximum absolute atomic E-state index is 11.5. The Morgan fingerprint density at radius 2 is 2.16 bits per heavy atom. The van der Waals surface area contributed by atoms with Crippen molar-refractivity contribution in [2.75, 3.05) is 6.54 Å². The van der Waals surface area contributed by atoms with Crippen LogP contribution < -0.4 is 10.6 Å². The molecule has 1 amide bonds. The summed E-state index contributed by atoms with van der Waals surface area (Å²) >= 11 is 12.1. The number of carbonyl (C=O) groups excluding carboxylic acids is 1. The van der Waals surface area contributed by atoms with Crippen molar-refractivity contribution in [3.63, 3.8) is 0 Å². The number of benzene rings is 1. The minimum absolute atomic E-state index is 0.0694. The molecule has 0 aromatic heterocycles. The summed E-state index contributed by atoms with van der Waals surface area (Å²) in [6, 6.07) is 6.08. The molecule has 1 aliphatic rings. The van der Waals surface area contributed by atoms with E-state index in [4.69, 9.17) is 23.2 Å². The number of carbonyl (C=O) groups is 1. The van der Waals surface area contributed by atoms with E-state index in [1.54, 1.807) is 6.07 Å². The van der Waals surface area contributed by atoms with E-state index in [-0.39, 0.29) is 11.9 Å². The van der Waals surface area contributed by atoms with Gasteiger partial charge >= 0.3 is 0 Å². The molecule has 0 saturated heterocycles. The molecule has 1 fully saturated rings. The second-order valence-electron chi connectivity index (χ2n) is 4.91. The molecule has 0 radical (unpaired) electrons. The zero-order valence-electron chi connectivity index (χ0n) is 10.9. The van der Waals surface area contributed by atoms with Crippen LogP contribution in [0.25, 0.3) is 0 Å². The summed E-state index contributed by atoms with van der Waals surface area (Å²) < 4.78 is 0. The molecule has 19 heavy (non-hydrogen) atoms. The molecule has 2 N–H and O–H groups in total. The molecule has 1 aromatic carbocycles. The molecule has 1 aromatic rings. The zero-order chi connectivity index (χ0) is 13.8. The van der Waals surface area contributed by atoms with Crippen LogP contribution in [-0.4, -0.2) is 18.5 Å². The van der Waals surface area contributed by atoms with E-state index < -0.39 is 0 Å². The van der Waals surface area contributed by atoms with Gasteiger partial charge in [0.25, 0.3) is 0 Å². The average Bonchev–Trinajstić information content (AvgIpc) is 3.16. The fourth-order valence-corrected chi connectivity index (χ4v) is 2.37. The van der Waals surface area contributed by atoms with Gasteiger partial charge in [0.15, 0.2) is 0 Å². The number of amides is 1. The number of nitrogens with one attached hydrogen (secondary N) is 2. The SMILES string of the molecule is CC(NCCC(=O)NC1CC1)c1cccc(Cl)c1Cl. The van der Waals surface area contributed by atoms with Gasteiger partial charge in [0.05, 0.1) is 10.0 Å². The third-order valence-corrected chi connectivity index (χ3v) is 4.03. The Morgan fingerprint density at radius 1 is 1.42 bits per heavy atom. The summed E-state index contributed by atoms with van der Waals surface area (Å²) in [6.45, 7) is 2.64. The third-order valence-electron chi connectivity index (χ3n) is 3.19. The van der Waals surface area contributed by atoms with Gasteiger partial charge in [0.1, 0.15) is 0 Å². The second kappa shape index (κ2) is 6.60. The van der Waals surface area contributed by atoms with Crippen molar-refractivity contribution in [1.82, 2.24) is 10.6 Å². The Balaban J connectivity index is 1.78. The molecular formula is C14H18Cl2N2O. The smallest absolute Gasteiger partial charge is 0.221 e. The number of halogens is 2. The van der Waals surface area contributed by atoms with Gasteiger partial charge in [0.2, 0.25) is 5.91 Å². The number of hydrogen-bond donors (Lipinski definition) is 2. The summed E-state index contributed by atoms with van der Waals surface area (Å²) in [5.41, 5.74) is 0.955. The lowest BCUT2D eigenvalue weighted by molar-refractivity contribution is -0.121. The molecule has 1 aliphatic carbocycles. The molecule has 0 heterocycles. The monoisotopic (exact) mass is 300 g/mol. The van der Waals surface area contributed by atoms with Gasteiger partial charge in [-0.1, -0.05) is 35.3 Å². The average molecular weight is 301 g/mol. The maximum atomic E-state index is 11.5. The van der Waals surface area contributed by atoms with Crippen LogP contribution in [0.3, 0.4) is 0 Å². The predicted octanol–water partition coefficient (Wildman–Crippen LogP) is 3.31. The summed E-state index contributed by atoms with van der Waals surface area (Å²) in [5.74, 6) is 0.111. The summed E-state index contributed by atoms with van der Waals surface area (Å²) in [7, 11) is 0. The van der Waals surface area contributed by atoms with E-state index in [1.165, 1.54) is 0 Å². The summed E-state index contributed by atoms with van der Waals surface area (Å²) in [5, 5.41) is 7.38. The third kappa shape index (κ3) is 4.37. The normalized spacial score (nSPS) is 16.2. The van der Waals surface area contributed by atoms with Crippen LogP contribution in [0, 0.1) is 0 Å². The quantitative estimate of drug-likeness (QED) is 0.846. The Kier molecular flexibility index (Phi) is 5.08. The lowest BCUT2D eigenvalue weighted by Crippen LogP contribution is -2.30. The Bertz CT molecular complexity index is 461. The molecule has 0 bridgehead atoms. The minimum atomic E-state index is 0.0694. The van der Waals surface area contributed by atoms with Crippen LogP contribution in [0.5, 0.6) is 0 Å². The van der Waals surface area contributed by atoms with E-state index in [0.717, 1.165) is 18.4 Å². The van der Waals surface area contributed by atoms with Crippen LogP contribution in [-0.2, 0) is 4.79 Å². The topological polar surface area (TPSA) is 41.1 Å². The summed E-state index contributed by atoms with van der Waals surface area (Å²) in [4.78, 5) is 11.5. The molecule has 3 nitrogen and oxygen atoms in total. The van der Waals surface area contributed by atoms with Gasteiger partial charge in [-0.2, -0.15) is 0 Å². The van der Waals surface area contributed by atoms with Gasteiger partial charge in [0, 0.05) is 25.0 Å². The van der Waals surface area contributed by atoms with Crippen LogP contribution >= 0.6 is 23.2 Å². The van der Waals surface area contributed by atoms with Crippen molar-refractivity contribution in [3.8, 4) is 0 Å². The van der Waals surface area contributed by atoms with E-state index in [2.05, 4.69) is 10.6 Å². The fraction of sp³-hybridized carbons (Fsp3) is 0.500. The Hall–Kier alpha value is -0.770. The Morgan fingerprint density at radius 3 is 2.84 bits per heavy atom. The second-order valence-corrected chi connectivity index (χ2v) is 5.70. The first-order valence-corrected chi connectivity index (χ1v) is 7.30. The summed E-state index contributed by atoms with van der Waals surface area (Å²) in [6.07, 6.45) is 2.72. The largest absolute Gasteiger partial charge is 0.353 e. The standard InChI is InChI=1S/C14H18Cl2N2O/c1-9(11-3-2-4-12(15)14(11)16)17-8-7-13(19)18-10-5-6-10/h2-4,9-10,17H,5-8H2,1H3,(H,18,19). The van der Waals surface area contributed by atoms with E-state index in [0.29, 0.717) is 29.1 Å². The molecule has 5 heteroatoms. The highest BCUT2D eigenvalue weighted by Crippen LogP contribution is 2.29. The molecule has 1 atom stereocenters. The zero-order valence-corrected chi connectivity index (χ0v) is 12.4. The highest BCUT2D eigenvalue weighted by atomic mass is 35.5. The van der Waals surface area contributed by atoms with Crippen LogP contribution in [0.15, 0.2) is 18.2 Å². The van der Waals surface area contributed by atoms with Crippen molar-refractivity contribution in [2.24, 2.45) is 0 Å². The Labute approximate surface area is 123 Å². The lowest BCUT2D eigenvalue weighted by atomic mass is 10.1. The van der Waals surface area contributed by atoms with E-state index in [1.807, 2.05) is 19.1 Å². The van der Waals surface area contributed by atoms with Crippen molar-refractivity contribution < 1.29 is 4.79 Å². The molecule has 0 spiro atoms. The van der Waals surface area contributed by atoms with Crippen molar-refractivity contribution in [3.05, 3.63) is 33.8 Å². The number of hydrogen-bond acceptors (Lipinski definition) is 2. The van der Waals surface area contributed by atoms with E-state index in [9.17, 15) is 4.79 Å². The molecule has 1 unspecified atom stereocenters. The minimum Gasteiger partial charge on any atom is -0.353 e. The van der Waals surface area contributed by atoms with Crippen LogP contribution in [0.4, 0.5) is 0 Å². The van der Waals surface area contributed by atoms with Crippen molar-refractivity contribution >= 4 is 29.1 Å².